The van der Waals surface area contributed by atoms with Gasteiger partial charge >= 0.3 is 0 Å². The zero-order valence-electron chi connectivity index (χ0n) is 17.2. The predicted molar refractivity (Wildman–Crippen MR) is 116 cm³/mol. The molecule has 27 heavy (non-hydrogen) atoms. The van der Waals surface area contributed by atoms with Crippen molar-refractivity contribution in [3.8, 4) is 5.75 Å². The lowest BCUT2D eigenvalue weighted by atomic mass is 9.65. The molecule has 3 nitrogen and oxygen atoms in total. The van der Waals surface area contributed by atoms with Gasteiger partial charge in [0.2, 0.25) is 0 Å². The summed E-state index contributed by atoms with van der Waals surface area (Å²) in [4.78, 5) is 6.55. The van der Waals surface area contributed by atoms with Gasteiger partial charge in [0.05, 0.1) is 0 Å². The van der Waals surface area contributed by atoms with Gasteiger partial charge in [-0.2, -0.15) is 0 Å². The summed E-state index contributed by atoms with van der Waals surface area (Å²) in [6, 6.07) is 12.9. The van der Waals surface area contributed by atoms with Gasteiger partial charge in [0.25, 0.3) is 0 Å². The Morgan fingerprint density at radius 1 is 1.30 bits per heavy atom. The lowest BCUT2D eigenvalue weighted by Gasteiger charge is -2.50. The van der Waals surface area contributed by atoms with Gasteiger partial charge in [-0.1, -0.05) is 39.0 Å². The van der Waals surface area contributed by atoms with Crippen molar-refractivity contribution >= 4 is 11.3 Å². The van der Waals surface area contributed by atoms with E-state index in [1.54, 1.807) is 6.07 Å². The fourth-order valence-corrected chi connectivity index (χ4v) is 5.36. The molecule has 1 aliphatic rings. The number of thiophene rings is 1. The van der Waals surface area contributed by atoms with Crippen LogP contribution in [0.3, 0.4) is 0 Å². The van der Waals surface area contributed by atoms with Crippen LogP contribution in [-0.4, -0.2) is 47.6 Å². The van der Waals surface area contributed by atoms with E-state index < -0.39 is 0 Å². The molecule has 1 aliphatic heterocycles. The van der Waals surface area contributed by atoms with E-state index in [1.807, 2.05) is 23.5 Å². The number of hydrogen-bond donors (Lipinski definition) is 1. The van der Waals surface area contributed by atoms with Crippen LogP contribution in [0.2, 0.25) is 0 Å². The second-order valence-corrected chi connectivity index (χ2v) is 9.45. The first-order valence-electron chi connectivity index (χ1n) is 10.2. The molecule has 2 unspecified atom stereocenters. The van der Waals surface area contributed by atoms with Crippen molar-refractivity contribution < 1.29 is 5.11 Å². The third-order valence-electron chi connectivity index (χ3n) is 6.53. The number of aromatic hydroxyl groups is 1. The average Bonchev–Trinajstić information content (AvgIpc) is 3.15. The summed E-state index contributed by atoms with van der Waals surface area (Å²) >= 11 is 1.84. The minimum atomic E-state index is 0.113. The van der Waals surface area contributed by atoms with Gasteiger partial charge in [-0.25, -0.2) is 0 Å². The first kappa shape index (κ1) is 20.4. The first-order valence-corrected chi connectivity index (χ1v) is 11.0. The van der Waals surface area contributed by atoms with Gasteiger partial charge in [-0.05, 0) is 73.5 Å². The molecule has 3 atom stereocenters. The predicted octanol–water partition coefficient (Wildman–Crippen LogP) is 4.96. The maximum atomic E-state index is 9.99. The van der Waals surface area contributed by atoms with Gasteiger partial charge in [-0.3, -0.25) is 0 Å². The molecule has 1 N–H and O–H groups in total. The summed E-state index contributed by atoms with van der Waals surface area (Å²) in [7, 11) is 2.23. The summed E-state index contributed by atoms with van der Waals surface area (Å²) in [5.74, 6) is 0.949. The van der Waals surface area contributed by atoms with Crippen molar-refractivity contribution in [3.05, 3.63) is 52.2 Å². The highest BCUT2D eigenvalue weighted by atomic mass is 32.1. The zero-order chi connectivity index (χ0) is 19.4. The molecule has 1 fully saturated rings. The topological polar surface area (TPSA) is 26.7 Å². The van der Waals surface area contributed by atoms with Gasteiger partial charge < -0.3 is 14.9 Å². The van der Waals surface area contributed by atoms with Crippen LogP contribution < -0.4 is 0 Å². The van der Waals surface area contributed by atoms with Crippen LogP contribution in [0, 0.1) is 5.92 Å². The van der Waals surface area contributed by atoms with Crippen molar-refractivity contribution in [1.29, 1.82) is 0 Å². The maximum Gasteiger partial charge on any atom is 0.115 e. The maximum absolute atomic E-state index is 9.99. The fraction of sp³-hybridized carbons (Fsp3) is 0.565. The Balaban J connectivity index is 1.69. The molecule has 1 aromatic heterocycles. The molecule has 1 aromatic carbocycles. The minimum absolute atomic E-state index is 0.113. The Kier molecular flexibility index (Phi) is 6.61. The number of nitrogens with zero attached hydrogens (tertiary/aromatic N) is 2. The third-order valence-corrected chi connectivity index (χ3v) is 7.39. The number of likely N-dealkylation sites (tertiary alicyclic amines) is 1. The van der Waals surface area contributed by atoms with E-state index in [0.29, 0.717) is 17.7 Å². The Labute approximate surface area is 168 Å². The van der Waals surface area contributed by atoms with E-state index in [4.69, 9.17) is 0 Å². The number of piperidine rings is 1. The van der Waals surface area contributed by atoms with Crippen molar-refractivity contribution in [3.63, 3.8) is 0 Å². The molecule has 2 aromatic rings. The Bertz CT molecular complexity index is 717. The summed E-state index contributed by atoms with van der Waals surface area (Å²) in [5, 5.41) is 12.1. The molecule has 2 heterocycles. The quantitative estimate of drug-likeness (QED) is 0.728. The number of rotatable bonds is 7. The van der Waals surface area contributed by atoms with Crippen molar-refractivity contribution in [2.75, 3.05) is 26.7 Å². The monoisotopic (exact) mass is 386 g/mol. The molecule has 0 bridgehead atoms. The molecular formula is C23H34N2OS. The summed E-state index contributed by atoms with van der Waals surface area (Å²) < 4.78 is 0. The van der Waals surface area contributed by atoms with Gasteiger partial charge in [0.15, 0.2) is 0 Å². The largest absolute Gasteiger partial charge is 0.508 e. The number of phenolic OH excluding ortho intramolecular Hbond substituents is 1. The van der Waals surface area contributed by atoms with E-state index >= 15 is 0 Å². The number of benzene rings is 1. The molecule has 0 amide bonds. The van der Waals surface area contributed by atoms with E-state index in [1.165, 1.54) is 16.9 Å². The Morgan fingerprint density at radius 3 is 2.78 bits per heavy atom. The fourth-order valence-electron chi connectivity index (χ4n) is 4.57. The molecule has 0 spiro atoms. The summed E-state index contributed by atoms with van der Waals surface area (Å²) in [6.45, 7) is 11.4. The van der Waals surface area contributed by atoms with E-state index in [-0.39, 0.29) is 5.41 Å². The van der Waals surface area contributed by atoms with Gasteiger partial charge in [0.1, 0.15) is 5.75 Å². The van der Waals surface area contributed by atoms with Crippen LogP contribution in [0.4, 0.5) is 0 Å². The van der Waals surface area contributed by atoms with E-state index in [9.17, 15) is 5.11 Å². The minimum Gasteiger partial charge on any atom is -0.508 e. The highest BCUT2D eigenvalue weighted by Gasteiger charge is 2.42. The van der Waals surface area contributed by atoms with E-state index in [0.717, 1.165) is 32.6 Å². The van der Waals surface area contributed by atoms with Crippen LogP contribution in [0.25, 0.3) is 0 Å². The van der Waals surface area contributed by atoms with Crippen LogP contribution >= 0.6 is 11.3 Å². The zero-order valence-corrected chi connectivity index (χ0v) is 18.0. The highest BCUT2D eigenvalue weighted by molar-refractivity contribution is 7.09. The third kappa shape index (κ3) is 4.74. The lowest BCUT2D eigenvalue weighted by Crippen LogP contribution is -2.53. The van der Waals surface area contributed by atoms with Gasteiger partial charge in [-0.15, -0.1) is 11.3 Å². The normalized spacial score (nSPS) is 26.6. The van der Waals surface area contributed by atoms with Crippen LogP contribution in [0.1, 0.15) is 44.1 Å². The molecule has 1 saturated heterocycles. The molecular weight excluding hydrogens is 352 g/mol. The molecule has 3 rings (SSSR count). The smallest absolute Gasteiger partial charge is 0.115 e. The summed E-state index contributed by atoms with van der Waals surface area (Å²) in [5.41, 5.74) is 1.39. The molecule has 4 heteroatoms. The Morgan fingerprint density at radius 2 is 2.11 bits per heavy atom. The molecule has 0 saturated carbocycles. The second kappa shape index (κ2) is 8.76. The molecule has 0 radical (unpaired) electrons. The van der Waals surface area contributed by atoms with Crippen molar-refractivity contribution in [1.82, 2.24) is 9.80 Å². The number of hydrogen-bond acceptors (Lipinski definition) is 4. The van der Waals surface area contributed by atoms with Crippen molar-refractivity contribution in [2.24, 2.45) is 5.92 Å². The average molecular weight is 387 g/mol. The molecule has 0 aliphatic carbocycles. The molecule has 148 valence electrons. The van der Waals surface area contributed by atoms with Crippen LogP contribution in [0.5, 0.6) is 5.75 Å². The van der Waals surface area contributed by atoms with E-state index in [2.05, 4.69) is 61.2 Å². The number of phenols is 1. The van der Waals surface area contributed by atoms with Crippen LogP contribution in [-0.2, 0) is 12.0 Å². The van der Waals surface area contributed by atoms with Crippen molar-refractivity contribution in [2.45, 2.75) is 51.6 Å². The SMILES string of the molecule is CCN1CC(C)[C@](C)(c2cccc(O)c2)CC1CCN(C)Cc1cccs1. The first-order chi connectivity index (χ1) is 12.9. The Hall–Kier alpha value is -1.36. The van der Waals surface area contributed by atoms with Gasteiger partial charge in [0, 0.05) is 24.0 Å². The highest BCUT2D eigenvalue weighted by Crippen LogP contribution is 2.43. The standard InChI is InChI=1S/C23H34N2OS/c1-5-25-16-18(2)23(3,19-8-6-9-21(26)14-19)15-20(25)11-12-24(4)17-22-10-7-13-27-22/h6-10,13-14,18,20,26H,5,11-12,15-17H2,1-4H3/t18?,20?,23-/m1/s1. The second-order valence-electron chi connectivity index (χ2n) is 8.42. The van der Waals surface area contributed by atoms with Crippen LogP contribution in [0.15, 0.2) is 41.8 Å². The summed E-state index contributed by atoms with van der Waals surface area (Å²) in [6.07, 6.45) is 2.34. The lowest BCUT2D eigenvalue weighted by molar-refractivity contribution is 0.0494.